The molecule has 0 N–H and O–H groups in total. The summed E-state index contributed by atoms with van der Waals surface area (Å²) in [5, 5.41) is 0. The van der Waals surface area contributed by atoms with Gasteiger partial charge in [0.15, 0.2) is 0 Å². The lowest BCUT2D eigenvalue weighted by Crippen LogP contribution is -2.45. The minimum Gasteiger partial charge on any atom is -0.494 e. The molecule has 4 nitrogen and oxygen atoms in total. The molecular formula is C17H25NO3. The van der Waals surface area contributed by atoms with Crippen LogP contribution in [0.3, 0.4) is 0 Å². The molecule has 1 aromatic rings. The van der Waals surface area contributed by atoms with Crippen LogP contribution in [0.5, 0.6) is 5.75 Å². The van der Waals surface area contributed by atoms with Gasteiger partial charge in [0.05, 0.1) is 18.8 Å². The highest BCUT2D eigenvalue weighted by Gasteiger charge is 2.21. The third-order valence-corrected chi connectivity index (χ3v) is 3.65. The summed E-state index contributed by atoms with van der Waals surface area (Å²) in [5.74, 6) is 0.828. The average Bonchev–Trinajstić information content (AvgIpc) is 2.46. The van der Waals surface area contributed by atoms with Crippen LogP contribution in [0.1, 0.15) is 37.0 Å². The Morgan fingerprint density at radius 2 is 1.86 bits per heavy atom. The van der Waals surface area contributed by atoms with Crippen molar-refractivity contribution in [1.29, 1.82) is 0 Å². The zero-order valence-corrected chi connectivity index (χ0v) is 13.0. The van der Waals surface area contributed by atoms with E-state index in [0.717, 1.165) is 51.1 Å². The largest absolute Gasteiger partial charge is 0.494 e. The first-order chi connectivity index (χ1) is 10.2. The number of hydrogen-bond donors (Lipinski definition) is 0. The molecule has 0 unspecified atom stereocenters. The van der Waals surface area contributed by atoms with Gasteiger partial charge in [-0.1, -0.05) is 0 Å². The lowest BCUT2D eigenvalue weighted by Gasteiger charge is -2.35. The van der Waals surface area contributed by atoms with Gasteiger partial charge in [0, 0.05) is 18.7 Å². The molecule has 116 valence electrons. The van der Waals surface area contributed by atoms with Gasteiger partial charge in [-0.15, -0.1) is 0 Å². The normalized spacial score (nSPS) is 23.0. The second-order valence-electron chi connectivity index (χ2n) is 5.76. The van der Waals surface area contributed by atoms with E-state index in [0.29, 0.717) is 17.8 Å². The summed E-state index contributed by atoms with van der Waals surface area (Å²) < 4.78 is 11.4. The maximum atomic E-state index is 10.6. The van der Waals surface area contributed by atoms with Crippen molar-refractivity contribution in [1.82, 2.24) is 4.90 Å². The van der Waals surface area contributed by atoms with Crippen LogP contribution in [0, 0.1) is 0 Å². The Bertz CT molecular complexity index is 422. The molecule has 2 rings (SSSR count). The Morgan fingerprint density at radius 1 is 1.19 bits per heavy atom. The van der Waals surface area contributed by atoms with E-state index < -0.39 is 0 Å². The summed E-state index contributed by atoms with van der Waals surface area (Å²) in [5.41, 5.74) is 0.679. The lowest BCUT2D eigenvalue weighted by atomic mass is 10.2. The van der Waals surface area contributed by atoms with Gasteiger partial charge < -0.3 is 9.47 Å². The summed E-state index contributed by atoms with van der Waals surface area (Å²) in [6, 6.07) is 7.24. The molecule has 0 saturated carbocycles. The van der Waals surface area contributed by atoms with E-state index in [9.17, 15) is 4.79 Å². The predicted molar refractivity (Wildman–Crippen MR) is 83.0 cm³/mol. The summed E-state index contributed by atoms with van der Waals surface area (Å²) in [7, 11) is 0. The molecule has 1 saturated heterocycles. The van der Waals surface area contributed by atoms with E-state index in [1.54, 1.807) is 12.1 Å². The zero-order valence-electron chi connectivity index (χ0n) is 13.0. The average molecular weight is 291 g/mol. The maximum absolute atomic E-state index is 10.6. The van der Waals surface area contributed by atoms with Crippen LogP contribution in [-0.4, -0.2) is 49.6 Å². The minimum atomic E-state index is 0.335. The van der Waals surface area contributed by atoms with Gasteiger partial charge in [-0.2, -0.15) is 0 Å². The fourth-order valence-electron chi connectivity index (χ4n) is 2.74. The van der Waals surface area contributed by atoms with E-state index in [1.165, 1.54) is 0 Å². The first-order valence-electron chi connectivity index (χ1n) is 7.73. The maximum Gasteiger partial charge on any atom is 0.150 e. The molecule has 1 aliphatic heterocycles. The number of unbranched alkanes of at least 4 members (excludes halogenated alkanes) is 1. The Morgan fingerprint density at radius 3 is 2.48 bits per heavy atom. The molecule has 0 amide bonds. The van der Waals surface area contributed by atoms with Crippen molar-refractivity contribution >= 4 is 6.29 Å². The molecule has 0 aliphatic carbocycles. The Labute approximate surface area is 127 Å². The van der Waals surface area contributed by atoms with E-state index in [2.05, 4.69) is 18.7 Å². The standard InChI is InChI=1S/C17H25NO3/c1-14-11-18(12-15(2)21-14)9-3-4-10-20-17-7-5-16(13-19)6-8-17/h5-8,13-15H,3-4,9-12H2,1-2H3/t14-,15-/m0/s1. The minimum absolute atomic E-state index is 0.335. The van der Waals surface area contributed by atoms with Crippen molar-refractivity contribution in [3.63, 3.8) is 0 Å². The number of morpholine rings is 1. The first-order valence-corrected chi connectivity index (χ1v) is 7.73. The fraction of sp³-hybridized carbons (Fsp3) is 0.588. The molecule has 1 aliphatic rings. The second-order valence-corrected chi connectivity index (χ2v) is 5.76. The molecule has 1 fully saturated rings. The van der Waals surface area contributed by atoms with Gasteiger partial charge in [-0.3, -0.25) is 9.69 Å². The topological polar surface area (TPSA) is 38.8 Å². The molecule has 0 aromatic heterocycles. The number of rotatable bonds is 7. The number of ether oxygens (including phenoxy) is 2. The van der Waals surface area contributed by atoms with Crippen LogP contribution in [0.25, 0.3) is 0 Å². The van der Waals surface area contributed by atoms with Gasteiger partial charge in [-0.05, 0) is 57.5 Å². The number of aldehydes is 1. The first kappa shape index (κ1) is 16.0. The molecule has 21 heavy (non-hydrogen) atoms. The van der Waals surface area contributed by atoms with Crippen molar-refractivity contribution < 1.29 is 14.3 Å². The monoisotopic (exact) mass is 291 g/mol. The van der Waals surface area contributed by atoms with Gasteiger partial charge in [-0.25, -0.2) is 0 Å². The van der Waals surface area contributed by atoms with Crippen molar-refractivity contribution in [2.75, 3.05) is 26.2 Å². The van der Waals surface area contributed by atoms with E-state index in [4.69, 9.17) is 9.47 Å². The third kappa shape index (κ3) is 5.48. The Kier molecular flexibility index (Phi) is 6.21. The smallest absolute Gasteiger partial charge is 0.150 e. The molecule has 2 atom stereocenters. The quantitative estimate of drug-likeness (QED) is 0.572. The van der Waals surface area contributed by atoms with Crippen molar-refractivity contribution in [3.8, 4) is 5.75 Å². The molecule has 4 heteroatoms. The van der Waals surface area contributed by atoms with Gasteiger partial charge in [0.2, 0.25) is 0 Å². The summed E-state index contributed by atoms with van der Waals surface area (Å²) >= 11 is 0. The Hall–Kier alpha value is -1.39. The summed E-state index contributed by atoms with van der Waals surface area (Å²) in [6.07, 6.45) is 3.68. The second kappa shape index (κ2) is 8.15. The van der Waals surface area contributed by atoms with Crippen LogP contribution < -0.4 is 4.74 Å². The van der Waals surface area contributed by atoms with Crippen LogP contribution >= 0.6 is 0 Å². The summed E-state index contributed by atoms with van der Waals surface area (Å²) in [4.78, 5) is 13.0. The van der Waals surface area contributed by atoms with Crippen LogP contribution in [0.15, 0.2) is 24.3 Å². The van der Waals surface area contributed by atoms with Gasteiger partial charge in [0.1, 0.15) is 12.0 Å². The van der Waals surface area contributed by atoms with Gasteiger partial charge >= 0.3 is 0 Å². The number of benzene rings is 1. The summed E-state index contributed by atoms with van der Waals surface area (Å²) in [6.45, 7) is 8.14. The molecular weight excluding hydrogens is 266 g/mol. The van der Waals surface area contributed by atoms with Gasteiger partial charge in [0.25, 0.3) is 0 Å². The lowest BCUT2D eigenvalue weighted by molar-refractivity contribution is -0.0682. The SMILES string of the molecule is C[C@H]1CN(CCCCOc2ccc(C=O)cc2)C[C@H](C)O1. The van der Waals surface area contributed by atoms with Crippen molar-refractivity contribution in [2.45, 2.75) is 38.9 Å². The molecule has 0 spiro atoms. The molecule has 1 aromatic carbocycles. The molecule has 1 heterocycles. The van der Waals surface area contributed by atoms with E-state index >= 15 is 0 Å². The number of hydrogen-bond acceptors (Lipinski definition) is 4. The van der Waals surface area contributed by atoms with Crippen LogP contribution in [0.4, 0.5) is 0 Å². The number of nitrogens with zero attached hydrogens (tertiary/aromatic N) is 1. The number of carbonyl (C=O) groups excluding carboxylic acids is 1. The highest BCUT2D eigenvalue weighted by molar-refractivity contribution is 5.74. The predicted octanol–water partition coefficient (Wildman–Crippen LogP) is 2.77. The third-order valence-electron chi connectivity index (χ3n) is 3.65. The highest BCUT2D eigenvalue weighted by atomic mass is 16.5. The number of carbonyl (C=O) groups is 1. The van der Waals surface area contributed by atoms with Crippen molar-refractivity contribution in [3.05, 3.63) is 29.8 Å². The Balaban J connectivity index is 1.60. The van der Waals surface area contributed by atoms with E-state index in [-0.39, 0.29) is 0 Å². The van der Waals surface area contributed by atoms with Crippen LogP contribution in [-0.2, 0) is 4.74 Å². The fourth-order valence-corrected chi connectivity index (χ4v) is 2.74. The highest BCUT2D eigenvalue weighted by Crippen LogP contribution is 2.13. The van der Waals surface area contributed by atoms with Crippen LogP contribution in [0.2, 0.25) is 0 Å². The van der Waals surface area contributed by atoms with Crippen molar-refractivity contribution in [2.24, 2.45) is 0 Å². The molecule has 0 radical (unpaired) electrons. The van der Waals surface area contributed by atoms with E-state index in [1.807, 2.05) is 12.1 Å². The zero-order chi connectivity index (χ0) is 15.1. The molecule has 0 bridgehead atoms.